The predicted octanol–water partition coefficient (Wildman–Crippen LogP) is 2.78. The standard InChI is InChI=1S/C16H28N4O/c1-11-5-7-14(8-6-11)9-18-16(17-4)19-10-15-20-12(2)13(3)21-15/h11,14H,5-10H2,1-4H3,(H2,17,18,19). The Labute approximate surface area is 127 Å². The van der Waals surface area contributed by atoms with Gasteiger partial charge in [0.2, 0.25) is 5.89 Å². The molecule has 1 saturated carbocycles. The van der Waals surface area contributed by atoms with Crippen molar-refractivity contribution in [2.45, 2.75) is 53.0 Å². The minimum absolute atomic E-state index is 0.566. The van der Waals surface area contributed by atoms with Gasteiger partial charge < -0.3 is 15.1 Å². The number of guanidine groups is 1. The molecule has 1 aliphatic carbocycles. The molecule has 0 aromatic carbocycles. The van der Waals surface area contributed by atoms with Crippen LogP contribution in [0.3, 0.4) is 0 Å². The van der Waals surface area contributed by atoms with Crippen molar-refractivity contribution in [3.63, 3.8) is 0 Å². The normalized spacial score (nSPS) is 23.1. The summed E-state index contributed by atoms with van der Waals surface area (Å²) in [7, 11) is 1.80. The van der Waals surface area contributed by atoms with Crippen molar-refractivity contribution >= 4 is 5.96 Å². The number of aromatic nitrogens is 1. The molecule has 0 radical (unpaired) electrons. The first kappa shape index (κ1) is 15.9. The molecule has 0 bridgehead atoms. The van der Waals surface area contributed by atoms with Crippen LogP contribution in [0.25, 0.3) is 0 Å². The average molecular weight is 292 g/mol. The number of oxazole rings is 1. The lowest BCUT2D eigenvalue weighted by molar-refractivity contribution is 0.289. The highest BCUT2D eigenvalue weighted by molar-refractivity contribution is 5.79. The average Bonchev–Trinajstić information content (AvgIpc) is 2.80. The third-order valence-electron chi connectivity index (χ3n) is 4.40. The van der Waals surface area contributed by atoms with Crippen molar-refractivity contribution in [2.24, 2.45) is 16.8 Å². The Hall–Kier alpha value is -1.52. The third-order valence-corrected chi connectivity index (χ3v) is 4.40. The SMILES string of the molecule is CN=C(NCc1nc(C)c(C)o1)NCC1CCC(C)CC1. The van der Waals surface area contributed by atoms with Gasteiger partial charge in [-0.2, -0.15) is 0 Å². The van der Waals surface area contributed by atoms with Gasteiger partial charge in [-0.05, 0) is 38.5 Å². The molecule has 0 atom stereocenters. The zero-order chi connectivity index (χ0) is 15.2. The summed E-state index contributed by atoms with van der Waals surface area (Å²) in [4.78, 5) is 8.62. The summed E-state index contributed by atoms with van der Waals surface area (Å²) in [6, 6.07) is 0. The minimum atomic E-state index is 0.566. The Bertz CT molecular complexity index is 453. The van der Waals surface area contributed by atoms with E-state index in [-0.39, 0.29) is 0 Å². The molecule has 118 valence electrons. The van der Waals surface area contributed by atoms with Crippen molar-refractivity contribution in [3.8, 4) is 0 Å². The minimum Gasteiger partial charge on any atom is -0.444 e. The molecule has 2 rings (SSSR count). The lowest BCUT2D eigenvalue weighted by atomic mass is 9.83. The molecule has 0 saturated heterocycles. The number of aryl methyl sites for hydroxylation is 2. The molecule has 0 unspecified atom stereocenters. The summed E-state index contributed by atoms with van der Waals surface area (Å²) in [5, 5.41) is 6.67. The number of nitrogens with zero attached hydrogens (tertiary/aromatic N) is 2. The summed E-state index contributed by atoms with van der Waals surface area (Å²) in [5.74, 6) is 4.08. The van der Waals surface area contributed by atoms with Crippen LogP contribution in [0.5, 0.6) is 0 Å². The fourth-order valence-electron chi connectivity index (χ4n) is 2.77. The number of hydrogen-bond donors (Lipinski definition) is 2. The first-order chi connectivity index (χ1) is 10.1. The Balaban J connectivity index is 1.73. The predicted molar refractivity (Wildman–Crippen MR) is 85.3 cm³/mol. The van der Waals surface area contributed by atoms with Crippen LogP contribution in [-0.4, -0.2) is 24.5 Å². The van der Waals surface area contributed by atoms with Gasteiger partial charge in [-0.1, -0.05) is 19.8 Å². The first-order valence-electron chi connectivity index (χ1n) is 7.96. The molecule has 5 heteroatoms. The zero-order valence-electron chi connectivity index (χ0n) is 13.7. The summed E-state index contributed by atoms with van der Waals surface area (Å²) in [6.07, 6.45) is 5.35. The molecule has 0 spiro atoms. The molecule has 2 N–H and O–H groups in total. The Kier molecular flexibility index (Phi) is 5.65. The van der Waals surface area contributed by atoms with E-state index in [0.717, 1.165) is 35.8 Å². The molecule has 1 aromatic rings. The largest absolute Gasteiger partial charge is 0.444 e. The van der Waals surface area contributed by atoms with Crippen LogP contribution < -0.4 is 10.6 Å². The van der Waals surface area contributed by atoms with E-state index in [0.29, 0.717) is 12.4 Å². The van der Waals surface area contributed by atoms with Crippen LogP contribution in [0.2, 0.25) is 0 Å². The molecule has 21 heavy (non-hydrogen) atoms. The van der Waals surface area contributed by atoms with Gasteiger partial charge in [-0.25, -0.2) is 4.98 Å². The van der Waals surface area contributed by atoms with E-state index >= 15 is 0 Å². The van der Waals surface area contributed by atoms with Crippen molar-refractivity contribution in [1.29, 1.82) is 0 Å². The van der Waals surface area contributed by atoms with Gasteiger partial charge in [0, 0.05) is 13.6 Å². The molecule has 0 aliphatic heterocycles. The fourth-order valence-corrected chi connectivity index (χ4v) is 2.77. The van der Waals surface area contributed by atoms with Gasteiger partial charge in [-0.15, -0.1) is 0 Å². The van der Waals surface area contributed by atoms with Crippen LogP contribution in [-0.2, 0) is 6.54 Å². The molecule has 0 amide bonds. The Morgan fingerprint density at radius 1 is 1.24 bits per heavy atom. The number of aliphatic imine (C=N–C) groups is 1. The lowest BCUT2D eigenvalue weighted by Crippen LogP contribution is -2.40. The lowest BCUT2D eigenvalue weighted by Gasteiger charge is -2.26. The second-order valence-electron chi connectivity index (χ2n) is 6.18. The van der Waals surface area contributed by atoms with E-state index in [2.05, 4.69) is 27.5 Å². The Morgan fingerprint density at radius 3 is 2.52 bits per heavy atom. The summed E-state index contributed by atoms with van der Waals surface area (Å²) in [5.41, 5.74) is 0.950. The maximum atomic E-state index is 5.56. The van der Waals surface area contributed by atoms with Gasteiger partial charge in [0.1, 0.15) is 5.76 Å². The maximum Gasteiger partial charge on any atom is 0.214 e. The van der Waals surface area contributed by atoms with Gasteiger partial charge in [-0.3, -0.25) is 4.99 Å². The summed E-state index contributed by atoms with van der Waals surface area (Å²) < 4.78 is 5.56. The van der Waals surface area contributed by atoms with E-state index in [1.165, 1.54) is 25.7 Å². The molecule has 1 heterocycles. The highest BCUT2D eigenvalue weighted by Gasteiger charge is 2.18. The highest BCUT2D eigenvalue weighted by atomic mass is 16.4. The van der Waals surface area contributed by atoms with E-state index in [9.17, 15) is 0 Å². The zero-order valence-corrected chi connectivity index (χ0v) is 13.7. The van der Waals surface area contributed by atoms with Crippen LogP contribution >= 0.6 is 0 Å². The fraction of sp³-hybridized carbons (Fsp3) is 0.750. The van der Waals surface area contributed by atoms with Gasteiger partial charge in [0.05, 0.1) is 12.2 Å². The van der Waals surface area contributed by atoms with E-state index in [1.807, 2.05) is 13.8 Å². The van der Waals surface area contributed by atoms with Crippen LogP contribution in [0.1, 0.15) is 50.0 Å². The first-order valence-corrected chi connectivity index (χ1v) is 7.96. The van der Waals surface area contributed by atoms with E-state index < -0.39 is 0 Å². The van der Waals surface area contributed by atoms with Gasteiger partial charge in [0.15, 0.2) is 5.96 Å². The summed E-state index contributed by atoms with van der Waals surface area (Å²) >= 11 is 0. The highest BCUT2D eigenvalue weighted by Crippen LogP contribution is 2.27. The molecule has 5 nitrogen and oxygen atoms in total. The quantitative estimate of drug-likeness (QED) is 0.661. The summed E-state index contributed by atoms with van der Waals surface area (Å²) in [6.45, 7) is 7.80. The topological polar surface area (TPSA) is 62.5 Å². The van der Waals surface area contributed by atoms with Crippen LogP contribution in [0.4, 0.5) is 0 Å². The van der Waals surface area contributed by atoms with Crippen molar-refractivity contribution in [3.05, 3.63) is 17.3 Å². The van der Waals surface area contributed by atoms with Crippen LogP contribution in [0.15, 0.2) is 9.41 Å². The monoisotopic (exact) mass is 292 g/mol. The Morgan fingerprint density at radius 2 is 1.95 bits per heavy atom. The smallest absolute Gasteiger partial charge is 0.214 e. The second kappa shape index (κ2) is 7.48. The van der Waals surface area contributed by atoms with Gasteiger partial charge >= 0.3 is 0 Å². The molecule has 1 aromatic heterocycles. The molecule has 1 fully saturated rings. The van der Waals surface area contributed by atoms with E-state index in [1.54, 1.807) is 7.05 Å². The van der Waals surface area contributed by atoms with E-state index in [4.69, 9.17) is 4.42 Å². The van der Waals surface area contributed by atoms with Gasteiger partial charge in [0.25, 0.3) is 0 Å². The van der Waals surface area contributed by atoms with Crippen LogP contribution in [0, 0.1) is 25.7 Å². The second-order valence-corrected chi connectivity index (χ2v) is 6.18. The number of hydrogen-bond acceptors (Lipinski definition) is 3. The molecular weight excluding hydrogens is 264 g/mol. The third kappa shape index (κ3) is 4.76. The van der Waals surface area contributed by atoms with Crippen molar-refractivity contribution in [1.82, 2.24) is 15.6 Å². The molecular formula is C16H28N4O. The maximum absolute atomic E-state index is 5.56. The van der Waals surface area contributed by atoms with Crippen molar-refractivity contribution < 1.29 is 4.42 Å². The molecule has 1 aliphatic rings. The number of nitrogens with one attached hydrogen (secondary N) is 2. The number of rotatable bonds is 4. The van der Waals surface area contributed by atoms with Crippen molar-refractivity contribution in [2.75, 3.05) is 13.6 Å².